The van der Waals surface area contributed by atoms with E-state index in [1.807, 2.05) is 12.1 Å². The Morgan fingerprint density at radius 3 is 2.36 bits per heavy atom. The van der Waals surface area contributed by atoms with E-state index in [0.29, 0.717) is 23.4 Å². The Morgan fingerprint density at radius 1 is 0.917 bits per heavy atom. The van der Waals surface area contributed by atoms with Crippen molar-refractivity contribution in [3.05, 3.63) is 112 Å². The first-order valence-corrected chi connectivity index (χ1v) is 12.7. The van der Waals surface area contributed by atoms with E-state index in [0.717, 1.165) is 28.8 Å². The van der Waals surface area contributed by atoms with Gasteiger partial charge in [0.2, 0.25) is 5.82 Å². The molecule has 3 aromatic carbocycles. The van der Waals surface area contributed by atoms with Gasteiger partial charge in [0.25, 0.3) is 5.89 Å². The van der Waals surface area contributed by atoms with Crippen LogP contribution in [0.3, 0.4) is 0 Å². The third kappa shape index (κ3) is 4.82. The molecule has 1 aromatic heterocycles. The minimum atomic E-state index is -0.191. The molecule has 0 saturated heterocycles. The van der Waals surface area contributed by atoms with Crippen molar-refractivity contribution >= 4 is 22.9 Å². The van der Waals surface area contributed by atoms with Crippen molar-refractivity contribution in [2.45, 2.75) is 46.7 Å². The molecule has 6 heteroatoms. The van der Waals surface area contributed by atoms with Crippen LogP contribution in [-0.4, -0.2) is 20.2 Å². The molecule has 182 valence electrons. The van der Waals surface area contributed by atoms with Crippen LogP contribution in [0.4, 0.5) is 0 Å². The van der Waals surface area contributed by atoms with Crippen LogP contribution in [0.2, 0.25) is 0 Å². The Balaban J connectivity index is 1.59. The fourth-order valence-electron chi connectivity index (χ4n) is 4.59. The lowest BCUT2D eigenvalue weighted by molar-refractivity contribution is 0.396. The lowest BCUT2D eigenvalue weighted by atomic mass is 9.93. The van der Waals surface area contributed by atoms with Gasteiger partial charge in [-0.15, -0.1) is 0 Å². The lowest BCUT2D eigenvalue weighted by Gasteiger charge is -2.37. The van der Waals surface area contributed by atoms with Gasteiger partial charge in [-0.3, -0.25) is 0 Å². The molecule has 1 aliphatic heterocycles. The van der Waals surface area contributed by atoms with Crippen molar-refractivity contribution in [3.8, 4) is 11.4 Å². The van der Waals surface area contributed by atoms with E-state index in [4.69, 9.17) is 21.7 Å². The van der Waals surface area contributed by atoms with Crippen molar-refractivity contribution in [1.82, 2.24) is 20.4 Å². The second-order valence-electron chi connectivity index (χ2n) is 9.34. The number of hydrogen-bond acceptors (Lipinski definition) is 4. The maximum atomic E-state index is 5.88. The Bertz CT molecular complexity index is 1420. The highest BCUT2D eigenvalue weighted by atomic mass is 32.1. The maximum Gasteiger partial charge on any atom is 0.258 e. The topological polar surface area (TPSA) is 54.2 Å². The molecule has 0 saturated carbocycles. The normalized spacial score (nSPS) is 15.8. The van der Waals surface area contributed by atoms with Crippen molar-refractivity contribution < 1.29 is 4.52 Å². The van der Waals surface area contributed by atoms with Gasteiger partial charge < -0.3 is 14.7 Å². The van der Waals surface area contributed by atoms with Crippen LogP contribution < -0.4 is 5.32 Å². The predicted molar refractivity (Wildman–Crippen MR) is 148 cm³/mol. The number of allylic oxidation sites excluding steroid dienone is 1. The van der Waals surface area contributed by atoms with Gasteiger partial charge in [0, 0.05) is 17.8 Å². The molecule has 4 aromatic rings. The Hall–Kier alpha value is -3.77. The van der Waals surface area contributed by atoms with E-state index in [1.165, 1.54) is 22.3 Å². The van der Waals surface area contributed by atoms with E-state index in [2.05, 4.69) is 104 Å². The standard InChI is InChI=1S/C30H30N4OS/c1-5-22-11-15-24(16-12-22)27-26(29-32-28(33-35-29)25-13-9-19(2)10-14-25)21(4)34(30(36)31-27)18-23-8-6-7-20(3)17-23/h6-17,27H,5,18H2,1-4H3,(H,31,36). The van der Waals surface area contributed by atoms with Gasteiger partial charge in [-0.25, -0.2) is 0 Å². The van der Waals surface area contributed by atoms with Crippen LogP contribution in [0, 0.1) is 13.8 Å². The maximum absolute atomic E-state index is 5.88. The number of rotatable bonds is 6. The molecule has 5 nitrogen and oxygen atoms in total. The van der Waals surface area contributed by atoms with E-state index in [-0.39, 0.29) is 6.04 Å². The number of benzene rings is 3. The highest BCUT2D eigenvalue weighted by Gasteiger charge is 2.34. The molecule has 1 N–H and O–H groups in total. The zero-order valence-electron chi connectivity index (χ0n) is 21.1. The molecule has 0 aliphatic carbocycles. The minimum Gasteiger partial charge on any atom is -0.351 e. The summed E-state index contributed by atoms with van der Waals surface area (Å²) in [7, 11) is 0. The Morgan fingerprint density at radius 2 is 1.67 bits per heavy atom. The molecular formula is C30H30N4OS. The van der Waals surface area contributed by atoms with Gasteiger partial charge in [-0.1, -0.05) is 96.0 Å². The SMILES string of the molecule is CCc1ccc(C2NC(=S)N(Cc3cccc(C)c3)C(C)=C2c2nc(-c3ccc(C)cc3)no2)cc1. The molecule has 36 heavy (non-hydrogen) atoms. The van der Waals surface area contributed by atoms with Crippen molar-refractivity contribution in [3.63, 3.8) is 0 Å². The van der Waals surface area contributed by atoms with Gasteiger partial charge in [0.15, 0.2) is 5.11 Å². The minimum absolute atomic E-state index is 0.191. The Kier molecular flexibility index (Phi) is 6.70. The fraction of sp³-hybridized carbons (Fsp3) is 0.233. The second kappa shape index (κ2) is 10.1. The molecule has 0 bridgehead atoms. The smallest absolute Gasteiger partial charge is 0.258 e. The van der Waals surface area contributed by atoms with Gasteiger partial charge in [0.1, 0.15) is 0 Å². The summed E-state index contributed by atoms with van der Waals surface area (Å²) in [6.45, 7) is 9.07. The van der Waals surface area contributed by atoms with Gasteiger partial charge >= 0.3 is 0 Å². The van der Waals surface area contributed by atoms with Crippen LogP contribution in [0.5, 0.6) is 0 Å². The summed E-state index contributed by atoms with van der Waals surface area (Å²) < 4.78 is 5.88. The molecular weight excluding hydrogens is 464 g/mol. The van der Waals surface area contributed by atoms with Crippen LogP contribution >= 0.6 is 12.2 Å². The molecule has 1 unspecified atom stereocenters. The van der Waals surface area contributed by atoms with E-state index in [1.54, 1.807) is 0 Å². The summed E-state index contributed by atoms with van der Waals surface area (Å²) in [5.74, 6) is 1.07. The van der Waals surface area contributed by atoms with Crippen LogP contribution in [0.1, 0.15) is 53.6 Å². The van der Waals surface area contributed by atoms with Crippen LogP contribution in [-0.2, 0) is 13.0 Å². The summed E-state index contributed by atoms with van der Waals surface area (Å²) in [6.07, 6.45) is 0.992. The second-order valence-corrected chi connectivity index (χ2v) is 9.73. The third-order valence-corrected chi connectivity index (χ3v) is 7.05. The average molecular weight is 495 g/mol. The molecule has 1 atom stereocenters. The van der Waals surface area contributed by atoms with Crippen LogP contribution in [0.25, 0.3) is 17.0 Å². The highest BCUT2D eigenvalue weighted by Crippen LogP contribution is 2.38. The highest BCUT2D eigenvalue weighted by molar-refractivity contribution is 7.80. The third-order valence-electron chi connectivity index (χ3n) is 6.71. The van der Waals surface area contributed by atoms with E-state index >= 15 is 0 Å². The summed E-state index contributed by atoms with van der Waals surface area (Å²) in [5, 5.41) is 8.56. The van der Waals surface area contributed by atoms with Crippen molar-refractivity contribution in [2.75, 3.05) is 0 Å². The summed E-state index contributed by atoms with van der Waals surface area (Å²) in [6, 6.07) is 25.1. The first-order chi connectivity index (χ1) is 17.4. The molecule has 1 aliphatic rings. The molecule has 0 amide bonds. The molecule has 0 fully saturated rings. The summed E-state index contributed by atoms with van der Waals surface area (Å²) >= 11 is 5.87. The molecule has 5 rings (SSSR count). The number of thiocarbonyl (C=S) groups is 1. The zero-order chi connectivity index (χ0) is 25.2. The number of aromatic nitrogens is 2. The van der Waals surface area contributed by atoms with Gasteiger partial charge in [-0.05, 0) is 56.1 Å². The average Bonchev–Trinajstić information content (AvgIpc) is 3.36. The predicted octanol–water partition coefficient (Wildman–Crippen LogP) is 6.78. The lowest BCUT2D eigenvalue weighted by Crippen LogP contribution is -2.45. The monoisotopic (exact) mass is 494 g/mol. The summed E-state index contributed by atoms with van der Waals surface area (Å²) in [5.41, 5.74) is 8.86. The largest absolute Gasteiger partial charge is 0.351 e. The first kappa shape index (κ1) is 23.9. The quantitative estimate of drug-likeness (QED) is 0.298. The number of nitrogens with zero attached hydrogens (tertiary/aromatic N) is 3. The molecule has 2 heterocycles. The zero-order valence-corrected chi connectivity index (χ0v) is 21.9. The van der Waals surface area contributed by atoms with E-state index in [9.17, 15) is 0 Å². The fourth-order valence-corrected chi connectivity index (χ4v) is 4.91. The van der Waals surface area contributed by atoms with Crippen molar-refractivity contribution in [1.29, 1.82) is 0 Å². The number of nitrogens with one attached hydrogen (secondary N) is 1. The van der Waals surface area contributed by atoms with Gasteiger partial charge in [-0.2, -0.15) is 4.98 Å². The van der Waals surface area contributed by atoms with E-state index < -0.39 is 0 Å². The molecule has 0 spiro atoms. The van der Waals surface area contributed by atoms with Gasteiger partial charge in [0.05, 0.1) is 11.6 Å². The molecule has 0 radical (unpaired) electrons. The van der Waals surface area contributed by atoms with Crippen molar-refractivity contribution in [2.24, 2.45) is 0 Å². The first-order valence-electron chi connectivity index (χ1n) is 12.3. The number of aryl methyl sites for hydroxylation is 3. The number of hydrogen-bond donors (Lipinski definition) is 1. The summed E-state index contributed by atoms with van der Waals surface area (Å²) in [4.78, 5) is 6.95. The van der Waals surface area contributed by atoms with Crippen LogP contribution in [0.15, 0.2) is 83.0 Å². The Labute approximate surface area is 217 Å².